The van der Waals surface area contributed by atoms with E-state index in [1.54, 1.807) is 0 Å². The molecule has 1 aliphatic rings. The van der Waals surface area contributed by atoms with E-state index in [0.717, 1.165) is 25.8 Å². The van der Waals surface area contributed by atoms with Crippen LogP contribution in [0.15, 0.2) is 0 Å². The molecule has 0 aromatic rings. The first kappa shape index (κ1) is 20.3. The van der Waals surface area contributed by atoms with E-state index in [0.29, 0.717) is 24.0 Å². The number of likely N-dealkylation sites (N-methyl/N-ethyl adjacent to an activating group) is 1. The van der Waals surface area contributed by atoms with E-state index in [4.69, 9.17) is 0 Å². The molecule has 21 heavy (non-hydrogen) atoms. The van der Waals surface area contributed by atoms with Gasteiger partial charge in [-0.15, -0.1) is 0 Å². The van der Waals surface area contributed by atoms with Crippen LogP contribution in [0.4, 0.5) is 0 Å². The van der Waals surface area contributed by atoms with Gasteiger partial charge in [0.2, 0.25) is 0 Å². The Morgan fingerprint density at radius 3 is 2.14 bits per heavy atom. The molecule has 4 heteroatoms. The van der Waals surface area contributed by atoms with Gasteiger partial charge in [0.05, 0.1) is 6.04 Å². The number of carbonyl (C=O) groups is 2. The van der Waals surface area contributed by atoms with Crippen molar-refractivity contribution in [3.63, 3.8) is 0 Å². The van der Waals surface area contributed by atoms with Crippen molar-refractivity contribution >= 4 is 12.1 Å². The highest BCUT2D eigenvalue weighted by molar-refractivity contribution is 5.84. The maximum Gasteiger partial charge on any atom is 0.150 e. The number of nitrogens with one attached hydrogen (secondary N) is 1. The first-order valence-electron chi connectivity index (χ1n) is 7.93. The molecule has 1 saturated heterocycles. The fourth-order valence-electron chi connectivity index (χ4n) is 2.68. The molecule has 0 spiro atoms. The van der Waals surface area contributed by atoms with Crippen molar-refractivity contribution in [3.05, 3.63) is 0 Å². The summed E-state index contributed by atoms with van der Waals surface area (Å²) < 4.78 is 0. The number of hydrogen-bond acceptors (Lipinski definition) is 4. The summed E-state index contributed by atoms with van der Waals surface area (Å²) in [7, 11) is 3.95. The second-order valence-electron chi connectivity index (χ2n) is 7.75. The molecule has 1 N–H and O–H groups in total. The van der Waals surface area contributed by atoms with Crippen LogP contribution in [0.1, 0.15) is 47.5 Å². The Kier molecular flexibility index (Phi) is 8.98. The molecule has 1 heterocycles. The Labute approximate surface area is 130 Å². The van der Waals surface area contributed by atoms with E-state index < -0.39 is 0 Å². The van der Waals surface area contributed by atoms with Crippen molar-refractivity contribution in [2.75, 3.05) is 27.2 Å². The molecule has 0 aliphatic carbocycles. The van der Waals surface area contributed by atoms with Crippen LogP contribution >= 0.6 is 0 Å². The maximum absolute atomic E-state index is 12.0. The van der Waals surface area contributed by atoms with Crippen LogP contribution in [0.5, 0.6) is 0 Å². The van der Waals surface area contributed by atoms with Gasteiger partial charge in [-0.2, -0.15) is 0 Å². The van der Waals surface area contributed by atoms with E-state index in [9.17, 15) is 9.59 Å². The number of hydrogen-bond donors (Lipinski definition) is 1. The van der Waals surface area contributed by atoms with Gasteiger partial charge in [-0.05, 0) is 38.4 Å². The van der Waals surface area contributed by atoms with Crippen molar-refractivity contribution < 1.29 is 9.59 Å². The second kappa shape index (κ2) is 9.31. The Hall–Kier alpha value is -0.740. The van der Waals surface area contributed by atoms with Gasteiger partial charge in [0.1, 0.15) is 6.29 Å². The van der Waals surface area contributed by atoms with E-state index >= 15 is 0 Å². The SMILES string of the molecule is CC(C)C(C(=O)CC(C)(C)C)N(C)C.O=CC1CCNC1. The van der Waals surface area contributed by atoms with Crippen LogP contribution < -0.4 is 5.32 Å². The molecule has 1 fully saturated rings. The van der Waals surface area contributed by atoms with Crippen LogP contribution in [0.25, 0.3) is 0 Å². The van der Waals surface area contributed by atoms with Crippen LogP contribution in [0.3, 0.4) is 0 Å². The first-order valence-corrected chi connectivity index (χ1v) is 7.93. The van der Waals surface area contributed by atoms with Crippen LogP contribution in [0.2, 0.25) is 0 Å². The van der Waals surface area contributed by atoms with Crippen LogP contribution in [0, 0.1) is 17.3 Å². The summed E-state index contributed by atoms with van der Waals surface area (Å²) in [5.41, 5.74) is 0.0975. The van der Waals surface area contributed by atoms with Crippen molar-refractivity contribution in [1.82, 2.24) is 10.2 Å². The number of ketones is 1. The van der Waals surface area contributed by atoms with Crippen LogP contribution in [-0.4, -0.2) is 50.2 Å². The molecule has 1 rings (SSSR count). The Morgan fingerprint density at radius 1 is 1.33 bits per heavy atom. The van der Waals surface area contributed by atoms with Gasteiger partial charge in [-0.3, -0.25) is 9.69 Å². The quantitative estimate of drug-likeness (QED) is 0.792. The van der Waals surface area contributed by atoms with Gasteiger partial charge < -0.3 is 10.1 Å². The van der Waals surface area contributed by atoms with Gasteiger partial charge >= 0.3 is 0 Å². The highest BCUT2D eigenvalue weighted by atomic mass is 16.1. The highest BCUT2D eigenvalue weighted by Gasteiger charge is 2.27. The third-order valence-electron chi connectivity index (χ3n) is 3.51. The van der Waals surface area contributed by atoms with Gasteiger partial charge in [0.15, 0.2) is 5.78 Å². The van der Waals surface area contributed by atoms with Crippen molar-refractivity contribution in [2.45, 2.75) is 53.5 Å². The third-order valence-corrected chi connectivity index (χ3v) is 3.51. The van der Waals surface area contributed by atoms with Crippen LogP contribution in [-0.2, 0) is 9.59 Å². The summed E-state index contributed by atoms with van der Waals surface area (Å²) in [5.74, 6) is 1.05. The number of nitrogens with zero attached hydrogens (tertiary/aromatic N) is 1. The predicted octanol–water partition coefficient (Wildman–Crippen LogP) is 2.37. The summed E-state index contributed by atoms with van der Waals surface area (Å²) in [4.78, 5) is 24.0. The number of Topliss-reactive ketones (excluding diaryl/α,β-unsaturated/α-hetero) is 1. The molecular formula is C17H34N2O2. The summed E-state index contributed by atoms with van der Waals surface area (Å²) in [5, 5.41) is 3.09. The molecular weight excluding hydrogens is 264 g/mol. The molecule has 0 amide bonds. The number of rotatable bonds is 5. The van der Waals surface area contributed by atoms with E-state index in [1.807, 2.05) is 19.0 Å². The minimum absolute atomic E-state index is 0.0641. The lowest BCUT2D eigenvalue weighted by Gasteiger charge is -2.29. The summed E-state index contributed by atoms with van der Waals surface area (Å²) in [6.07, 6.45) is 2.72. The average Bonchev–Trinajstić information content (AvgIpc) is 2.78. The molecule has 4 nitrogen and oxygen atoms in total. The van der Waals surface area contributed by atoms with Gasteiger partial charge in [-0.1, -0.05) is 34.6 Å². The largest absolute Gasteiger partial charge is 0.316 e. The smallest absolute Gasteiger partial charge is 0.150 e. The minimum atomic E-state index is 0.0641. The normalized spacial score (nSPS) is 20.1. The molecule has 124 valence electrons. The zero-order valence-corrected chi connectivity index (χ0v) is 14.9. The van der Waals surface area contributed by atoms with Crippen molar-refractivity contribution in [2.24, 2.45) is 17.3 Å². The molecule has 0 aromatic carbocycles. The first-order chi connectivity index (χ1) is 9.58. The lowest BCUT2D eigenvalue weighted by molar-refractivity contribution is -0.126. The lowest BCUT2D eigenvalue weighted by Crippen LogP contribution is -2.41. The Balaban J connectivity index is 0.000000471. The maximum atomic E-state index is 12.0. The molecule has 2 unspecified atom stereocenters. The molecule has 0 bridgehead atoms. The topological polar surface area (TPSA) is 49.4 Å². The highest BCUT2D eigenvalue weighted by Crippen LogP contribution is 2.22. The van der Waals surface area contributed by atoms with Crippen molar-refractivity contribution in [3.8, 4) is 0 Å². The van der Waals surface area contributed by atoms with E-state index in [-0.39, 0.29) is 11.5 Å². The summed E-state index contributed by atoms with van der Waals surface area (Å²) in [6.45, 7) is 12.4. The monoisotopic (exact) mass is 298 g/mol. The average molecular weight is 298 g/mol. The third kappa shape index (κ3) is 8.99. The number of carbonyl (C=O) groups excluding carboxylic acids is 2. The fourth-order valence-corrected chi connectivity index (χ4v) is 2.68. The van der Waals surface area contributed by atoms with Gasteiger partial charge in [-0.25, -0.2) is 0 Å². The van der Waals surface area contributed by atoms with Gasteiger partial charge in [0, 0.05) is 18.9 Å². The standard InChI is InChI=1S/C12H25NO.C5H9NO/c1-9(2)11(13(6)7)10(14)8-12(3,4)5;7-4-5-1-2-6-3-5/h9,11H,8H2,1-7H3;4-6H,1-3H2. The van der Waals surface area contributed by atoms with Gasteiger partial charge in [0.25, 0.3) is 0 Å². The second-order valence-corrected chi connectivity index (χ2v) is 7.75. The zero-order chi connectivity index (χ0) is 16.6. The zero-order valence-electron chi connectivity index (χ0n) is 14.9. The molecule has 0 saturated carbocycles. The summed E-state index contributed by atoms with van der Waals surface area (Å²) >= 11 is 0. The molecule has 1 aliphatic heterocycles. The Morgan fingerprint density at radius 2 is 1.90 bits per heavy atom. The Bertz CT molecular complexity index is 305. The summed E-state index contributed by atoms with van der Waals surface area (Å²) in [6, 6.07) is 0.0641. The molecule has 0 radical (unpaired) electrons. The number of aldehydes is 1. The van der Waals surface area contributed by atoms with E-state index in [2.05, 4.69) is 39.9 Å². The fraction of sp³-hybridized carbons (Fsp3) is 0.882. The van der Waals surface area contributed by atoms with E-state index in [1.165, 1.54) is 0 Å². The predicted molar refractivity (Wildman–Crippen MR) is 88.4 cm³/mol. The molecule has 2 atom stereocenters. The van der Waals surface area contributed by atoms with Crippen molar-refractivity contribution in [1.29, 1.82) is 0 Å². The minimum Gasteiger partial charge on any atom is -0.316 e. The molecule has 0 aromatic heterocycles. The lowest BCUT2D eigenvalue weighted by atomic mass is 9.85.